The van der Waals surface area contributed by atoms with Crippen molar-refractivity contribution in [3.05, 3.63) is 51.3 Å². The van der Waals surface area contributed by atoms with Crippen LogP contribution in [-0.4, -0.2) is 32.4 Å². The number of amides is 2. The van der Waals surface area contributed by atoms with Crippen LogP contribution in [0, 0.1) is 0 Å². The quantitative estimate of drug-likeness (QED) is 0.874. The minimum Gasteiger partial charge on any atom is -0.390 e. The summed E-state index contributed by atoms with van der Waals surface area (Å²) in [6, 6.07) is 6.89. The first kappa shape index (κ1) is 17.1. The molecular formula is C16H18Cl2N4O2. The van der Waals surface area contributed by atoms with Crippen LogP contribution in [0.3, 0.4) is 0 Å². The molecule has 2 amide bonds. The molecule has 1 aliphatic heterocycles. The minimum absolute atomic E-state index is 0.0960. The molecule has 0 atom stereocenters. The third-order valence-corrected chi connectivity index (χ3v) is 4.55. The van der Waals surface area contributed by atoms with E-state index in [0.29, 0.717) is 35.4 Å². The van der Waals surface area contributed by atoms with Crippen LogP contribution in [0.1, 0.15) is 23.4 Å². The molecule has 0 bridgehead atoms. The van der Waals surface area contributed by atoms with Gasteiger partial charge in [-0.25, -0.2) is 4.79 Å². The van der Waals surface area contributed by atoms with Crippen LogP contribution >= 0.6 is 23.2 Å². The predicted octanol–water partition coefficient (Wildman–Crippen LogP) is 2.80. The minimum atomic E-state index is -0.152. The Labute approximate surface area is 150 Å². The van der Waals surface area contributed by atoms with Gasteiger partial charge < -0.3 is 15.3 Å². The zero-order valence-electron chi connectivity index (χ0n) is 13.0. The van der Waals surface area contributed by atoms with E-state index in [0.717, 1.165) is 24.2 Å². The lowest BCUT2D eigenvalue weighted by Crippen LogP contribution is -2.39. The molecule has 0 fully saturated rings. The van der Waals surface area contributed by atoms with Crippen LogP contribution in [0.15, 0.2) is 24.3 Å². The molecule has 2 heterocycles. The summed E-state index contributed by atoms with van der Waals surface area (Å²) in [5.74, 6) is 0. The van der Waals surface area contributed by atoms with Crippen molar-refractivity contribution in [1.29, 1.82) is 0 Å². The first-order chi connectivity index (χ1) is 11.6. The van der Waals surface area contributed by atoms with Crippen molar-refractivity contribution in [1.82, 2.24) is 20.0 Å². The van der Waals surface area contributed by atoms with Gasteiger partial charge in [0.2, 0.25) is 0 Å². The molecule has 1 aliphatic rings. The lowest BCUT2D eigenvalue weighted by atomic mass is 10.2. The van der Waals surface area contributed by atoms with E-state index in [9.17, 15) is 9.90 Å². The summed E-state index contributed by atoms with van der Waals surface area (Å²) >= 11 is 12.0. The second kappa shape index (κ2) is 7.42. The lowest BCUT2D eigenvalue weighted by molar-refractivity contribution is 0.195. The first-order valence-corrected chi connectivity index (χ1v) is 8.45. The number of fused-ring (bicyclic) bond motifs is 1. The molecule has 0 unspecified atom stereocenters. The second-order valence-electron chi connectivity index (χ2n) is 5.68. The largest absolute Gasteiger partial charge is 0.390 e. The average molecular weight is 369 g/mol. The summed E-state index contributed by atoms with van der Waals surface area (Å²) in [6.45, 7) is 2.10. The van der Waals surface area contributed by atoms with Crippen LogP contribution in [0.25, 0.3) is 0 Å². The Balaban J connectivity index is 1.64. The molecule has 2 aromatic rings. The number of aliphatic hydroxyl groups is 1. The Morgan fingerprint density at radius 2 is 2.12 bits per heavy atom. The first-order valence-electron chi connectivity index (χ1n) is 7.70. The molecular weight excluding hydrogens is 351 g/mol. The van der Waals surface area contributed by atoms with E-state index in [1.165, 1.54) is 0 Å². The Morgan fingerprint density at radius 3 is 2.88 bits per heavy atom. The van der Waals surface area contributed by atoms with Gasteiger partial charge in [0.15, 0.2) is 0 Å². The molecule has 2 N–H and O–H groups in total. The Hall–Kier alpha value is -1.76. The van der Waals surface area contributed by atoms with Gasteiger partial charge in [0.1, 0.15) is 0 Å². The smallest absolute Gasteiger partial charge is 0.318 e. The molecule has 0 saturated heterocycles. The Morgan fingerprint density at radius 1 is 1.29 bits per heavy atom. The second-order valence-corrected chi connectivity index (χ2v) is 6.52. The van der Waals surface area contributed by atoms with Gasteiger partial charge in [-0.2, -0.15) is 5.10 Å². The highest BCUT2D eigenvalue weighted by Crippen LogP contribution is 2.21. The normalized spacial score (nSPS) is 14.2. The van der Waals surface area contributed by atoms with E-state index in [2.05, 4.69) is 10.4 Å². The third-order valence-electron chi connectivity index (χ3n) is 3.96. The Bertz CT molecular complexity index is 748. The van der Waals surface area contributed by atoms with Gasteiger partial charge in [-0.05, 0) is 30.2 Å². The van der Waals surface area contributed by atoms with Crippen molar-refractivity contribution in [2.75, 3.05) is 6.54 Å². The Kier molecular flexibility index (Phi) is 5.28. The van der Waals surface area contributed by atoms with E-state index in [-0.39, 0.29) is 12.6 Å². The molecule has 1 aromatic heterocycles. The topological polar surface area (TPSA) is 70.4 Å². The van der Waals surface area contributed by atoms with Crippen LogP contribution in [-0.2, 0) is 26.2 Å². The van der Waals surface area contributed by atoms with Crippen LogP contribution in [0.5, 0.6) is 0 Å². The number of carbonyl (C=O) groups is 1. The maximum atomic E-state index is 12.5. The molecule has 0 saturated carbocycles. The molecule has 0 aliphatic carbocycles. The van der Waals surface area contributed by atoms with E-state index in [1.54, 1.807) is 23.1 Å². The molecule has 128 valence electrons. The average Bonchev–Trinajstić information content (AvgIpc) is 2.84. The number of rotatable bonds is 3. The van der Waals surface area contributed by atoms with E-state index >= 15 is 0 Å². The summed E-state index contributed by atoms with van der Waals surface area (Å²) in [7, 11) is 0. The third kappa shape index (κ3) is 3.83. The van der Waals surface area contributed by atoms with Crippen molar-refractivity contribution in [3.8, 4) is 0 Å². The molecule has 8 heteroatoms. The maximum Gasteiger partial charge on any atom is 0.318 e. The maximum absolute atomic E-state index is 12.5. The summed E-state index contributed by atoms with van der Waals surface area (Å²) in [6.07, 6.45) is 0.814. The highest BCUT2D eigenvalue weighted by Gasteiger charge is 2.20. The fourth-order valence-electron chi connectivity index (χ4n) is 2.72. The van der Waals surface area contributed by atoms with Gasteiger partial charge in [0.25, 0.3) is 0 Å². The number of urea groups is 1. The standard InChI is InChI=1S/C16H18Cl2N4O2/c17-12-3-2-11(15(18)6-12)8-19-16(24)21-4-1-5-22-14(9-21)7-13(10-23)20-22/h2-3,6-7,23H,1,4-5,8-10H2,(H,19,24). The van der Waals surface area contributed by atoms with E-state index in [4.69, 9.17) is 23.2 Å². The summed E-state index contributed by atoms with van der Waals surface area (Å²) in [4.78, 5) is 14.2. The molecule has 0 spiro atoms. The van der Waals surface area contributed by atoms with Crippen molar-refractivity contribution in [2.24, 2.45) is 0 Å². The van der Waals surface area contributed by atoms with E-state index in [1.807, 2.05) is 10.7 Å². The molecule has 0 radical (unpaired) electrons. The fraction of sp³-hybridized carbons (Fsp3) is 0.375. The monoisotopic (exact) mass is 368 g/mol. The molecule has 6 nitrogen and oxygen atoms in total. The van der Waals surface area contributed by atoms with Crippen LogP contribution in [0.2, 0.25) is 10.0 Å². The number of hydrogen-bond donors (Lipinski definition) is 2. The van der Waals surface area contributed by atoms with Crippen molar-refractivity contribution < 1.29 is 9.90 Å². The van der Waals surface area contributed by atoms with Gasteiger partial charge in [-0.15, -0.1) is 0 Å². The van der Waals surface area contributed by atoms with Crippen molar-refractivity contribution >= 4 is 29.2 Å². The van der Waals surface area contributed by atoms with Gasteiger partial charge in [-0.3, -0.25) is 4.68 Å². The number of benzene rings is 1. The number of nitrogens with one attached hydrogen (secondary N) is 1. The zero-order valence-corrected chi connectivity index (χ0v) is 14.5. The highest BCUT2D eigenvalue weighted by atomic mass is 35.5. The highest BCUT2D eigenvalue weighted by molar-refractivity contribution is 6.35. The zero-order chi connectivity index (χ0) is 17.1. The number of hydrogen-bond acceptors (Lipinski definition) is 3. The number of aliphatic hydroxyl groups excluding tert-OH is 1. The SMILES string of the molecule is O=C(NCc1ccc(Cl)cc1Cl)N1CCCn2nc(CO)cc2C1. The van der Waals surface area contributed by atoms with Crippen molar-refractivity contribution in [3.63, 3.8) is 0 Å². The lowest BCUT2D eigenvalue weighted by Gasteiger charge is -2.20. The number of aryl methyl sites for hydroxylation is 1. The molecule has 1 aromatic carbocycles. The van der Waals surface area contributed by atoms with Gasteiger partial charge in [-0.1, -0.05) is 29.3 Å². The number of carbonyl (C=O) groups excluding carboxylic acids is 1. The molecule has 3 rings (SSSR count). The van der Waals surface area contributed by atoms with Crippen LogP contribution in [0.4, 0.5) is 4.79 Å². The van der Waals surface area contributed by atoms with Gasteiger partial charge >= 0.3 is 6.03 Å². The summed E-state index contributed by atoms with van der Waals surface area (Å²) < 4.78 is 1.86. The number of aromatic nitrogens is 2. The number of halogens is 2. The molecule has 24 heavy (non-hydrogen) atoms. The number of nitrogens with zero attached hydrogens (tertiary/aromatic N) is 3. The summed E-state index contributed by atoms with van der Waals surface area (Å²) in [5, 5.41) is 17.5. The predicted molar refractivity (Wildman–Crippen MR) is 91.9 cm³/mol. The van der Waals surface area contributed by atoms with Gasteiger partial charge in [0.05, 0.1) is 24.5 Å². The van der Waals surface area contributed by atoms with Crippen molar-refractivity contribution in [2.45, 2.75) is 32.7 Å². The van der Waals surface area contributed by atoms with Crippen LogP contribution < -0.4 is 5.32 Å². The summed E-state index contributed by atoms with van der Waals surface area (Å²) in [5.41, 5.74) is 2.37. The van der Waals surface area contributed by atoms with Gasteiger partial charge in [0, 0.05) is 29.7 Å². The van der Waals surface area contributed by atoms with E-state index < -0.39 is 0 Å². The fourth-order valence-corrected chi connectivity index (χ4v) is 3.20.